The summed E-state index contributed by atoms with van der Waals surface area (Å²) in [7, 11) is 1.34. The SMILES string of the molecule is C#CC#CC#CC.COCC(=O)O.O=C=O. The van der Waals surface area contributed by atoms with E-state index < -0.39 is 5.97 Å². The van der Waals surface area contributed by atoms with Crippen LogP contribution in [0.5, 0.6) is 0 Å². The molecular weight excluding hydrogens is 212 g/mol. The molecule has 0 aromatic heterocycles. The van der Waals surface area contributed by atoms with Gasteiger partial charge in [-0.3, -0.25) is 0 Å². The normalized spacial score (nSPS) is 5.06. The van der Waals surface area contributed by atoms with Crippen LogP contribution in [-0.4, -0.2) is 30.9 Å². The predicted molar refractivity (Wildman–Crippen MR) is 54.6 cm³/mol. The number of rotatable bonds is 2. The average molecular weight is 222 g/mol. The average Bonchev–Trinajstić information content (AvgIpc) is 2.20. The van der Waals surface area contributed by atoms with Gasteiger partial charge in [0.1, 0.15) is 6.61 Å². The maximum absolute atomic E-state index is 9.47. The van der Waals surface area contributed by atoms with Crippen molar-refractivity contribution in [1.82, 2.24) is 0 Å². The van der Waals surface area contributed by atoms with Crippen LogP contribution in [-0.2, 0) is 19.1 Å². The van der Waals surface area contributed by atoms with E-state index >= 15 is 0 Å². The summed E-state index contributed by atoms with van der Waals surface area (Å²) in [5, 5.41) is 7.79. The summed E-state index contributed by atoms with van der Waals surface area (Å²) < 4.78 is 4.20. The molecule has 0 aliphatic heterocycles. The molecule has 0 saturated carbocycles. The Kier molecular flexibility index (Phi) is 27.3. The highest BCUT2D eigenvalue weighted by molar-refractivity contribution is 5.67. The molecule has 0 aromatic carbocycles. The lowest BCUT2D eigenvalue weighted by molar-refractivity contribution is -0.191. The van der Waals surface area contributed by atoms with Gasteiger partial charge >= 0.3 is 12.1 Å². The summed E-state index contributed by atoms with van der Waals surface area (Å²) in [5.41, 5.74) is 0. The second-order valence-corrected chi connectivity index (χ2v) is 1.68. The highest BCUT2D eigenvalue weighted by Gasteiger charge is 1.87. The minimum absolute atomic E-state index is 0.208. The van der Waals surface area contributed by atoms with E-state index in [9.17, 15) is 4.79 Å². The minimum Gasteiger partial charge on any atom is -0.480 e. The molecule has 0 rings (SSSR count). The van der Waals surface area contributed by atoms with Gasteiger partial charge in [0.25, 0.3) is 0 Å². The number of carboxylic acid groups (broad SMARTS) is 1. The summed E-state index contributed by atoms with van der Waals surface area (Å²) in [4.78, 5) is 25.7. The number of ether oxygens (including phenoxy) is 1. The van der Waals surface area contributed by atoms with E-state index in [0.29, 0.717) is 0 Å². The van der Waals surface area contributed by atoms with Gasteiger partial charge in [0.05, 0.1) is 0 Å². The third-order valence-electron chi connectivity index (χ3n) is 0.590. The Balaban J connectivity index is -0.000000172. The van der Waals surface area contributed by atoms with Crippen molar-refractivity contribution in [1.29, 1.82) is 0 Å². The summed E-state index contributed by atoms with van der Waals surface area (Å²) in [6.07, 6.45) is 5.03. The molecule has 0 aliphatic carbocycles. The van der Waals surface area contributed by atoms with Crippen molar-refractivity contribution in [3.8, 4) is 36.0 Å². The molecule has 5 nitrogen and oxygen atoms in total. The molecule has 84 valence electrons. The molecule has 0 aromatic rings. The van der Waals surface area contributed by atoms with Crippen LogP contribution in [0, 0.1) is 36.0 Å². The highest BCUT2D eigenvalue weighted by Crippen LogP contribution is 1.61. The second-order valence-electron chi connectivity index (χ2n) is 1.68. The van der Waals surface area contributed by atoms with Crippen molar-refractivity contribution in [3.63, 3.8) is 0 Å². The zero-order valence-electron chi connectivity index (χ0n) is 8.86. The molecular formula is C11H10O5. The molecule has 0 radical (unpaired) electrons. The predicted octanol–water partition coefficient (Wildman–Crippen LogP) is -0.220. The lowest BCUT2D eigenvalue weighted by atomic mass is 10.5. The largest absolute Gasteiger partial charge is 0.480 e. The van der Waals surface area contributed by atoms with Crippen LogP contribution in [0.2, 0.25) is 0 Å². The molecule has 0 atom stereocenters. The maximum atomic E-state index is 9.47. The van der Waals surface area contributed by atoms with Crippen molar-refractivity contribution >= 4 is 12.1 Å². The number of carbonyl (C=O) groups excluding carboxylic acids is 2. The molecule has 0 unspecified atom stereocenters. The maximum Gasteiger partial charge on any atom is 0.373 e. The molecule has 0 heterocycles. The molecule has 0 bridgehead atoms. The van der Waals surface area contributed by atoms with Gasteiger partial charge in [-0.2, -0.15) is 9.59 Å². The Morgan fingerprint density at radius 2 is 1.81 bits per heavy atom. The smallest absolute Gasteiger partial charge is 0.373 e. The van der Waals surface area contributed by atoms with Gasteiger partial charge in [0.2, 0.25) is 0 Å². The topological polar surface area (TPSA) is 80.7 Å². The standard InChI is InChI=1S/C7H4.C3H6O3.CO2/c1-3-5-7-6-4-2;1-6-2-3(4)5;2-1-3/h1H,2H3;2H2,1H3,(H,4,5);. The quantitative estimate of drug-likeness (QED) is 0.653. The van der Waals surface area contributed by atoms with Crippen molar-refractivity contribution in [2.75, 3.05) is 13.7 Å². The Morgan fingerprint density at radius 3 is 2.00 bits per heavy atom. The number of carbonyl (C=O) groups is 1. The Morgan fingerprint density at radius 1 is 1.31 bits per heavy atom. The van der Waals surface area contributed by atoms with Crippen molar-refractivity contribution in [3.05, 3.63) is 0 Å². The fraction of sp³-hybridized carbons (Fsp3) is 0.273. The van der Waals surface area contributed by atoms with Gasteiger partial charge in [-0.1, -0.05) is 5.92 Å². The first kappa shape index (κ1) is 19.1. The Hall–Kier alpha value is -2.51. The van der Waals surface area contributed by atoms with Crippen LogP contribution < -0.4 is 0 Å². The van der Waals surface area contributed by atoms with E-state index in [2.05, 4.69) is 34.3 Å². The second kappa shape index (κ2) is 22.9. The fourth-order valence-corrected chi connectivity index (χ4v) is 0.253. The van der Waals surface area contributed by atoms with E-state index in [0.717, 1.165) is 0 Å². The number of methoxy groups -OCH3 is 1. The molecule has 0 saturated heterocycles. The van der Waals surface area contributed by atoms with Gasteiger partial charge in [0, 0.05) is 7.11 Å². The fourth-order valence-electron chi connectivity index (χ4n) is 0.253. The molecule has 0 spiro atoms. The summed E-state index contributed by atoms with van der Waals surface area (Å²) >= 11 is 0. The van der Waals surface area contributed by atoms with Gasteiger partial charge in [0.15, 0.2) is 0 Å². The number of hydrogen-bond acceptors (Lipinski definition) is 4. The molecule has 16 heavy (non-hydrogen) atoms. The lowest BCUT2D eigenvalue weighted by Gasteiger charge is -1.83. The highest BCUT2D eigenvalue weighted by atomic mass is 16.5. The van der Waals surface area contributed by atoms with Crippen LogP contribution in [0.25, 0.3) is 0 Å². The number of terminal acetylenes is 1. The van der Waals surface area contributed by atoms with Crippen LogP contribution >= 0.6 is 0 Å². The molecule has 1 N–H and O–H groups in total. The number of carboxylic acids is 1. The summed E-state index contributed by atoms with van der Waals surface area (Å²) in [6.45, 7) is 1.51. The van der Waals surface area contributed by atoms with Gasteiger partial charge in [-0.05, 0) is 30.6 Å². The first-order valence-corrected chi connectivity index (χ1v) is 3.68. The lowest BCUT2D eigenvalue weighted by Crippen LogP contribution is -2.02. The number of hydrogen-bond donors (Lipinski definition) is 1. The first-order chi connectivity index (χ1) is 7.60. The van der Waals surface area contributed by atoms with E-state index in [1.165, 1.54) is 7.11 Å². The zero-order chi connectivity index (χ0) is 13.2. The molecule has 0 amide bonds. The van der Waals surface area contributed by atoms with Crippen molar-refractivity contribution < 1.29 is 24.2 Å². The third kappa shape index (κ3) is 62.7. The number of aliphatic carboxylic acids is 1. The molecule has 5 heteroatoms. The van der Waals surface area contributed by atoms with Crippen molar-refractivity contribution in [2.24, 2.45) is 0 Å². The van der Waals surface area contributed by atoms with Crippen LogP contribution in [0.3, 0.4) is 0 Å². The van der Waals surface area contributed by atoms with E-state index in [-0.39, 0.29) is 12.8 Å². The van der Waals surface area contributed by atoms with Crippen LogP contribution in [0.4, 0.5) is 0 Å². The first-order valence-electron chi connectivity index (χ1n) is 3.68. The van der Waals surface area contributed by atoms with Crippen LogP contribution in [0.15, 0.2) is 0 Å². The van der Waals surface area contributed by atoms with Gasteiger partial charge in [-0.15, -0.1) is 6.42 Å². The molecule has 0 aliphatic rings. The summed E-state index contributed by atoms with van der Waals surface area (Å²) in [5.74, 6) is 11.1. The van der Waals surface area contributed by atoms with E-state index in [1.54, 1.807) is 6.92 Å². The Labute approximate surface area is 93.8 Å². The monoisotopic (exact) mass is 222 g/mol. The minimum atomic E-state index is -0.933. The van der Waals surface area contributed by atoms with Gasteiger partial charge < -0.3 is 9.84 Å². The van der Waals surface area contributed by atoms with Crippen LogP contribution in [0.1, 0.15) is 6.92 Å². The Bertz CT molecular complexity index is 361. The van der Waals surface area contributed by atoms with E-state index in [1.807, 2.05) is 0 Å². The third-order valence-corrected chi connectivity index (χ3v) is 0.590. The van der Waals surface area contributed by atoms with Gasteiger partial charge in [-0.25, -0.2) is 4.79 Å². The molecule has 0 fully saturated rings. The summed E-state index contributed by atoms with van der Waals surface area (Å²) in [6, 6.07) is 0. The van der Waals surface area contributed by atoms with Crippen molar-refractivity contribution in [2.45, 2.75) is 6.92 Å². The van der Waals surface area contributed by atoms with E-state index in [4.69, 9.17) is 21.1 Å². The zero-order valence-corrected chi connectivity index (χ0v) is 8.86.